The van der Waals surface area contributed by atoms with Gasteiger partial charge in [0.2, 0.25) is 0 Å². The van der Waals surface area contributed by atoms with Crippen molar-refractivity contribution in [1.29, 1.82) is 0 Å². The summed E-state index contributed by atoms with van der Waals surface area (Å²) >= 11 is 0. The Hall–Kier alpha value is -2.01. The van der Waals surface area contributed by atoms with Crippen molar-refractivity contribution in [2.75, 3.05) is 12.4 Å². The lowest BCUT2D eigenvalue weighted by atomic mass is 10.3. The van der Waals surface area contributed by atoms with E-state index in [0.29, 0.717) is 12.4 Å². The van der Waals surface area contributed by atoms with Crippen LogP contribution in [0.2, 0.25) is 0 Å². The summed E-state index contributed by atoms with van der Waals surface area (Å²) in [4.78, 5) is 12.8. The molecule has 0 spiro atoms. The van der Waals surface area contributed by atoms with E-state index in [4.69, 9.17) is 5.73 Å². The van der Waals surface area contributed by atoms with E-state index in [0.717, 1.165) is 17.1 Å². The highest BCUT2D eigenvalue weighted by atomic mass is 15.0. The van der Waals surface area contributed by atoms with Crippen molar-refractivity contribution in [2.24, 2.45) is 5.73 Å². The first-order valence-electron chi connectivity index (χ1n) is 5.00. The van der Waals surface area contributed by atoms with Gasteiger partial charge in [0.15, 0.2) is 5.82 Å². The molecule has 0 aliphatic rings. The molecule has 2 aromatic heterocycles. The summed E-state index contributed by atoms with van der Waals surface area (Å²) in [5, 5.41) is 3.00. The zero-order valence-corrected chi connectivity index (χ0v) is 9.01. The summed E-state index contributed by atoms with van der Waals surface area (Å²) in [6, 6.07) is 5.63. The van der Waals surface area contributed by atoms with E-state index in [2.05, 4.69) is 20.3 Å². The molecule has 0 saturated heterocycles. The van der Waals surface area contributed by atoms with Crippen molar-refractivity contribution < 1.29 is 0 Å². The third kappa shape index (κ3) is 1.99. The van der Waals surface area contributed by atoms with E-state index < -0.39 is 0 Å². The maximum atomic E-state index is 5.58. The number of nitrogens with one attached hydrogen (secondary N) is 1. The van der Waals surface area contributed by atoms with Crippen LogP contribution in [-0.4, -0.2) is 22.0 Å². The maximum Gasteiger partial charge on any atom is 0.180 e. The fraction of sp³-hybridized carbons (Fsp3) is 0.182. The molecule has 2 aromatic rings. The van der Waals surface area contributed by atoms with E-state index in [1.165, 1.54) is 0 Å². The first kappa shape index (κ1) is 10.5. The molecule has 5 heteroatoms. The van der Waals surface area contributed by atoms with Crippen LogP contribution in [0.4, 0.5) is 5.82 Å². The highest BCUT2D eigenvalue weighted by Gasteiger charge is 2.06. The van der Waals surface area contributed by atoms with Gasteiger partial charge < -0.3 is 11.1 Å². The minimum atomic E-state index is 0.415. The van der Waals surface area contributed by atoms with Crippen LogP contribution in [0.1, 0.15) is 5.56 Å². The molecule has 16 heavy (non-hydrogen) atoms. The number of hydrogen-bond donors (Lipinski definition) is 2. The van der Waals surface area contributed by atoms with Crippen molar-refractivity contribution in [2.45, 2.75) is 6.54 Å². The predicted octanol–water partition coefficient (Wildman–Crippen LogP) is 1.04. The van der Waals surface area contributed by atoms with Crippen LogP contribution >= 0.6 is 0 Å². The van der Waals surface area contributed by atoms with Crippen LogP contribution < -0.4 is 11.1 Å². The van der Waals surface area contributed by atoms with Crippen LogP contribution in [-0.2, 0) is 6.54 Å². The second-order valence-electron chi connectivity index (χ2n) is 3.24. The third-order valence-electron chi connectivity index (χ3n) is 2.22. The lowest BCUT2D eigenvalue weighted by Gasteiger charge is -2.07. The van der Waals surface area contributed by atoms with Gasteiger partial charge in [-0.05, 0) is 12.1 Å². The van der Waals surface area contributed by atoms with E-state index in [-0.39, 0.29) is 0 Å². The van der Waals surface area contributed by atoms with Gasteiger partial charge in [0, 0.05) is 31.5 Å². The minimum absolute atomic E-state index is 0.415. The van der Waals surface area contributed by atoms with Gasteiger partial charge in [-0.25, -0.2) is 9.97 Å². The van der Waals surface area contributed by atoms with Crippen LogP contribution in [0.3, 0.4) is 0 Å². The zero-order chi connectivity index (χ0) is 11.4. The van der Waals surface area contributed by atoms with Gasteiger partial charge in [-0.2, -0.15) is 0 Å². The van der Waals surface area contributed by atoms with Crippen LogP contribution in [0, 0.1) is 0 Å². The Morgan fingerprint density at radius 3 is 2.81 bits per heavy atom. The normalized spacial score (nSPS) is 10.1. The zero-order valence-electron chi connectivity index (χ0n) is 9.01. The molecule has 0 aliphatic heterocycles. The number of hydrogen-bond acceptors (Lipinski definition) is 5. The molecule has 0 unspecified atom stereocenters. The molecule has 0 aliphatic carbocycles. The van der Waals surface area contributed by atoms with Gasteiger partial charge in [0.25, 0.3) is 0 Å². The second-order valence-corrected chi connectivity index (χ2v) is 3.24. The molecule has 82 valence electrons. The van der Waals surface area contributed by atoms with Crippen molar-refractivity contribution in [3.8, 4) is 11.5 Å². The average Bonchev–Trinajstić information content (AvgIpc) is 2.39. The molecule has 2 rings (SSSR count). The fourth-order valence-electron chi connectivity index (χ4n) is 1.39. The van der Waals surface area contributed by atoms with E-state index >= 15 is 0 Å². The summed E-state index contributed by atoms with van der Waals surface area (Å²) < 4.78 is 0. The van der Waals surface area contributed by atoms with Crippen LogP contribution in [0.5, 0.6) is 0 Å². The van der Waals surface area contributed by atoms with Crippen molar-refractivity contribution in [3.05, 3.63) is 36.2 Å². The number of pyridine rings is 1. The summed E-state index contributed by atoms with van der Waals surface area (Å²) in [5.41, 5.74) is 7.22. The summed E-state index contributed by atoms with van der Waals surface area (Å²) in [6.45, 7) is 0.415. The first-order valence-corrected chi connectivity index (χ1v) is 5.00. The number of nitrogens with two attached hydrogens (primary N) is 1. The Bertz CT molecular complexity index is 469. The maximum absolute atomic E-state index is 5.58. The SMILES string of the molecule is CNc1nc(-c2ccccn2)ncc1CN. The van der Waals surface area contributed by atoms with Crippen LogP contribution in [0.25, 0.3) is 11.5 Å². The molecular formula is C11H13N5. The van der Waals surface area contributed by atoms with Crippen molar-refractivity contribution in [1.82, 2.24) is 15.0 Å². The number of nitrogens with zero attached hydrogens (tertiary/aromatic N) is 3. The van der Waals surface area contributed by atoms with Gasteiger partial charge in [-0.15, -0.1) is 0 Å². The fourth-order valence-corrected chi connectivity index (χ4v) is 1.39. The number of anilines is 1. The highest BCUT2D eigenvalue weighted by molar-refractivity contribution is 5.54. The van der Waals surface area contributed by atoms with Gasteiger partial charge in [0.1, 0.15) is 11.5 Å². The Balaban J connectivity index is 2.44. The predicted molar refractivity (Wildman–Crippen MR) is 62.7 cm³/mol. The monoisotopic (exact) mass is 215 g/mol. The van der Waals surface area contributed by atoms with E-state index in [1.807, 2.05) is 25.2 Å². The number of rotatable bonds is 3. The largest absolute Gasteiger partial charge is 0.373 e. The Labute approximate surface area is 93.8 Å². The van der Waals surface area contributed by atoms with Gasteiger partial charge in [0.05, 0.1) is 0 Å². The highest BCUT2D eigenvalue weighted by Crippen LogP contribution is 2.16. The molecule has 0 amide bonds. The smallest absolute Gasteiger partial charge is 0.180 e. The summed E-state index contributed by atoms with van der Waals surface area (Å²) in [5.74, 6) is 1.35. The van der Waals surface area contributed by atoms with Gasteiger partial charge in [-0.3, -0.25) is 4.98 Å². The lowest BCUT2D eigenvalue weighted by molar-refractivity contribution is 1.01. The molecule has 0 saturated carbocycles. The minimum Gasteiger partial charge on any atom is -0.373 e. The molecular weight excluding hydrogens is 202 g/mol. The lowest BCUT2D eigenvalue weighted by Crippen LogP contribution is -2.06. The standard InChI is InChI=1S/C11H13N5/c1-13-10-8(6-12)7-15-11(16-10)9-4-2-3-5-14-9/h2-5,7H,6,12H2,1H3,(H,13,15,16). The molecule has 2 heterocycles. The third-order valence-corrected chi connectivity index (χ3v) is 2.22. The van der Waals surface area contributed by atoms with Crippen molar-refractivity contribution in [3.63, 3.8) is 0 Å². The Morgan fingerprint density at radius 1 is 1.31 bits per heavy atom. The second kappa shape index (κ2) is 4.67. The molecule has 0 aromatic carbocycles. The molecule has 0 bridgehead atoms. The quantitative estimate of drug-likeness (QED) is 0.800. The van der Waals surface area contributed by atoms with E-state index in [1.54, 1.807) is 12.4 Å². The van der Waals surface area contributed by atoms with Gasteiger partial charge >= 0.3 is 0 Å². The average molecular weight is 215 g/mol. The van der Waals surface area contributed by atoms with Gasteiger partial charge in [-0.1, -0.05) is 6.07 Å². The molecule has 5 nitrogen and oxygen atoms in total. The number of aromatic nitrogens is 3. The van der Waals surface area contributed by atoms with E-state index in [9.17, 15) is 0 Å². The van der Waals surface area contributed by atoms with Crippen LogP contribution in [0.15, 0.2) is 30.6 Å². The topological polar surface area (TPSA) is 76.7 Å². The Kier molecular flexibility index (Phi) is 3.07. The van der Waals surface area contributed by atoms with Crippen molar-refractivity contribution >= 4 is 5.82 Å². The molecule has 0 radical (unpaired) electrons. The molecule has 0 fully saturated rings. The molecule has 3 N–H and O–H groups in total. The Morgan fingerprint density at radius 2 is 2.19 bits per heavy atom. The summed E-state index contributed by atoms with van der Waals surface area (Å²) in [7, 11) is 1.81. The molecule has 0 atom stereocenters. The first-order chi connectivity index (χ1) is 7.85. The summed E-state index contributed by atoms with van der Waals surface area (Å²) in [6.07, 6.45) is 3.44.